The van der Waals surface area contributed by atoms with Crippen LogP contribution in [0.15, 0.2) is 40.0 Å². The molecule has 0 spiro atoms. The number of phenols is 1. The molecule has 0 bridgehead atoms. The summed E-state index contributed by atoms with van der Waals surface area (Å²) in [6, 6.07) is 6.55. The maximum absolute atomic E-state index is 11.6. The number of nitrogens with one attached hydrogen (secondary N) is 2. The molecule has 0 unspecified atom stereocenters. The molecule has 8 nitrogen and oxygen atoms in total. The number of benzene rings is 1. The van der Waals surface area contributed by atoms with Crippen molar-refractivity contribution in [1.29, 1.82) is 0 Å². The van der Waals surface area contributed by atoms with E-state index in [1.54, 1.807) is 24.3 Å². The first-order chi connectivity index (χ1) is 11.5. The number of aromatic hydroxyl groups is 1. The summed E-state index contributed by atoms with van der Waals surface area (Å²) in [7, 11) is 1.43. The number of carbonyl (C=O) groups is 2. The zero-order valence-corrected chi connectivity index (χ0v) is 14.7. The van der Waals surface area contributed by atoms with E-state index in [1.807, 2.05) is 22.6 Å². The lowest BCUT2D eigenvalue weighted by molar-refractivity contribution is -0.139. The van der Waals surface area contributed by atoms with Gasteiger partial charge < -0.3 is 19.6 Å². The van der Waals surface area contributed by atoms with Gasteiger partial charge in [0.05, 0.1) is 29.7 Å². The van der Waals surface area contributed by atoms with Crippen LogP contribution in [-0.2, 0) is 16.1 Å². The number of hydrogen-bond donors (Lipinski definition) is 3. The highest BCUT2D eigenvalue weighted by atomic mass is 127. The number of rotatable bonds is 5. The summed E-state index contributed by atoms with van der Waals surface area (Å²) in [5.41, 5.74) is 2.70. The largest absolute Gasteiger partial charge is 0.504 e. The smallest absolute Gasteiger partial charge is 0.329 e. The molecule has 0 atom stereocenters. The number of halogens is 1. The second kappa shape index (κ2) is 8.34. The Morgan fingerprint density at radius 1 is 1.42 bits per heavy atom. The van der Waals surface area contributed by atoms with Crippen LogP contribution in [0.2, 0.25) is 0 Å². The molecule has 126 valence electrons. The fraction of sp³-hybridized carbons (Fsp3) is 0.133. The third kappa shape index (κ3) is 4.72. The van der Waals surface area contributed by atoms with Crippen molar-refractivity contribution in [2.75, 3.05) is 7.11 Å². The van der Waals surface area contributed by atoms with Gasteiger partial charge >= 0.3 is 11.8 Å². The highest BCUT2D eigenvalue weighted by molar-refractivity contribution is 14.1. The summed E-state index contributed by atoms with van der Waals surface area (Å²) < 4.78 is 10.6. The van der Waals surface area contributed by atoms with Crippen LogP contribution in [0.1, 0.15) is 11.3 Å². The van der Waals surface area contributed by atoms with E-state index in [1.165, 1.54) is 19.6 Å². The molecule has 0 saturated heterocycles. The molecule has 9 heteroatoms. The highest BCUT2D eigenvalue weighted by Gasteiger charge is 2.12. The molecule has 0 aliphatic heterocycles. The molecule has 2 rings (SSSR count). The van der Waals surface area contributed by atoms with Gasteiger partial charge in [-0.1, -0.05) is 0 Å². The number of furan rings is 1. The van der Waals surface area contributed by atoms with Crippen molar-refractivity contribution >= 4 is 40.6 Å². The molecule has 1 aromatic carbocycles. The van der Waals surface area contributed by atoms with Gasteiger partial charge in [-0.05, 0) is 52.4 Å². The van der Waals surface area contributed by atoms with Gasteiger partial charge in [0.2, 0.25) is 0 Å². The number of hydrogen-bond acceptors (Lipinski definition) is 6. The lowest BCUT2D eigenvalue weighted by atomic mass is 10.2. The lowest BCUT2D eigenvalue weighted by Crippen LogP contribution is -2.37. The molecule has 0 fully saturated rings. The Kier molecular flexibility index (Phi) is 6.18. The standard InChI is InChI=1S/C15H14IN3O5/c1-23-12-6-9(5-11(16)13(12)20)7-18-19-15(22)14(21)17-8-10-3-2-4-24-10/h2-7,20H,8H2,1H3,(H,17,21)(H,19,22)/b18-7-. The van der Waals surface area contributed by atoms with Crippen LogP contribution in [0.5, 0.6) is 11.5 Å². The maximum Gasteiger partial charge on any atom is 0.329 e. The van der Waals surface area contributed by atoms with Gasteiger partial charge in [-0.3, -0.25) is 9.59 Å². The topological polar surface area (TPSA) is 113 Å². The SMILES string of the molecule is COc1cc(/C=N\NC(=O)C(=O)NCc2ccco2)cc(I)c1O. The Hall–Kier alpha value is -2.56. The predicted octanol–water partition coefficient (Wildman–Crippen LogP) is 1.36. The van der Waals surface area contributed by atoms with E-state index < -0.39 is 11.8 Å². The minimum Gasteiger partial charge on any atom is -0.504 e. The molecule has 0 aliphatic rings. The van der Waals surface area contributed by atoms with Crippen LogP contribution in [0.3, 0.4) is 0 Å². The van der Waals surface area contributed by atoms with Crippen LogP contribution in [0.25, 0.3) is 0 Å². The Labute approximate surface area is 151 Å². The number of methoxy groups -OCH3 is 1. The summed E-state index contributed by atoms with van der Waals surface area (Å²) in [4.78, 5) is 23.2. The minimum absolute atomic E-state index is 0.0246. The first kappa shape index (κ1) is 17.8. The van der Waals surface area contributed by atoms with Crippen molar-refractivity contribution in [3.05, 3.63) is 45.4 Å². The van der Waals surface area contributed by atoms with Gasteiger partial charge in [-0.2, -0.15) is 5.10 Å². The van der Waals surface area contributed by atoms with Gasteiger partial charge in [0, 0.05) is 0 Å². The molecule has 2 amide bonds. The molecule has 3 N–H and O–H groups in total. The lowest BCUT2D eigenvalue weighted by Gasteiger charge is -2.06. The monoisotopic (exact) mass is 443 g/mol. The second-order valence-corrected chi connectivity index (χ2v) is 5.68. The quantitative estimate of drug-likeness (QED) is 0.280. The van der Waals surface area contributed by atoms with Crippen LogP contribution in [-0.4, -0.2) is 30.2 Å². The summed E-state index contributed by atoms with van der Waals surface area (Å²) in [5, 5.41) is 15.8. The molecule has 0 saturated carbocycles. The van der Waals surface area contributed by atoms with Crippen molar-refractivity contribution in [3.63, 3.8) is 0 Å². The average molecular weight is 443 g/mol. The first-order valence-corrected chi connectivity index (χ1v) is 7.79. The van der Waals surface area contributed by atoms with Gasteiger partial charge in [0.1, 0.15) is 5.76 Å². The van der Waals surface area contributed by atoms with E-state index >= 15 is 0 Å². The van der Waals surface area contributed by atoms with Crippen LogP contribution < -0.4 is 15.5 Å². The Bertz CT molecular complexity index is 759. The Balaban J connectivity index is 1.89. The van der Waals surface area contributed by atoms with Crippen LogP contribution in [0, 0.1) is 3.57 Å². The zero-order chi connectivity index (χ0) is 17.5. The Morgan fingerprint density at radius 3 is 2.88 bits per heavy atom. The normalized spacial score (nSPS) is 10.6. The van der Waals surface area contributed by atoms with Crippen molar-refractivity contribution in [3.8, 4) is 11.5 Å². The average Bonchev–Trinajstić information content (AvgIpc) is 3.09. The third-order valence-corrected chi connectivity index (χ3v) is 3.68. The number of carbonyl (C=O) groups excluding carboxylic acids is 2. The predicted molar refractivity (Wildman–Crippen MR) is 93.7 cm³/mol. The number of ether oxygens (including phenoxy) is 1. The van der Waals surface area contributed by atoms with E-state index in [9.17, 15) is 14.7 Å². The van der Waals surface area contributed by atoms with Crippen molar-refractivity contribution in [2.45, 2.75) is 6.54 Å². The van der Waals surface area contributed by atoms with Gasteiger partial charge in [-0.15, -0.1) is 0 Å². The van der Waals surface area contributed by atoms with Gasteiger partial charge in [-0.25, -0.2) is 5.43 Å². The van der Waals surface area contributed by atoms with E-state index in [-0.39, 0.29) is 18.0 Å². The summed E-state index contributed by atoms with van der Waals surface area (Å²) in [6.45, 7) is 0.107. The van der Waals surface area contributed by atoms with Crippen LogP contribution >= 0.6 is 22.6 Å². The molecule has 1 heterocycles. The van der Waals surface area contributed by atoms with Gasteiger partial charge in [0.25, 0.3) is 0 Å². The highest BCUT2D eigenvalue weighted by Crippen LogP contribution is 2.31. The van der Waals surface area contributed by atoms with E-state index in [0.717, 1.165) is 0 Å². The summed E-state index contributed by atoms with van der Waals surface area (Å²) >= 11 is 1.94. The summed E-state index contributed by atoms with van der Waals surface area (Å²) in [5.74, 6) is -0.896. The van der Waals surface area contributed by atoms with E-state index in [2.05, 4.69) is 15.8 Å². The molecule has 0 aliphatic carbocycles. The fourth-order valence-electron chi connectivity index (χ4n) is 1.70. The molecular weight excluding hydrogens is 429 g/mol. The Morgan fingerprint density at radius 2 is 2.21 bits per heavy atom. The van der Waals surface area contributed by atoms with Crippen LogP contribution in [0.4, 0.5) is 0 Å². The maximum atomic E-state index is 11.6. The second-order valence-electron chi connectivity index (χ2n) is 4.51. The minimum atomic E-state index is -0.904. The zero-order valence-electron chi connectivity index (χ0n) is 12.6. The molecular formula is C15H14IN3O5. The number of nitrogens with zero attached hydrogens (tertiary/aromatic N) is 1. The van der Waals surface area contributed by atoms with E-state index in [4.69, 9.17) is 9.15 Å². The van der Waals surface area contributed by atoms with Crippen molar-refractivity contribution in [1.82, 2.24) is 10.7 Å². The number of phenolic OH excluding ortho intramolecular Hbond substituents is 1. The fourth-order valence-corrected chi connectivity index (χ4v) is 2.33. The third-order valence-electron chi connectivity index (χ3n) is 2.86. The molecule has 24 heavy (non-hydrogen) atoms. The van der Waals surface area contributed by atoms with Gasteiger partial charge in [0.15, 0.2) is 11.5 Å². The van der Waals surface area contributed by atoms with E-state index in [0.29, 0.717) is 14.9 Å². The number of hydrazone groups is 1. The molecule has 2 aromatic rings. The van der Waals surface area contributed by atoms with Crippen molar-refractivity contribution < 1.29 is 23.8 Å². The first-order valence-electron chi connectivity index (χ1n) is 6.71. The molecule has 1 aromatic heterocycles. The summed E-state index contributed by atoms with van der Waals surface area (Å²) in [6.07, 6.45) is 2.81. The number of amides is 2. The molecule has 0 radical (unpaired) electrons. The van der Waals surface area contributed by atoms with Crippen molar-refractivity contribution in [2.24, 2.45) is 5.10 Å².